The molecule has 0 aromatic carbocycles. The smallest absolute Gasteiger partial charge is 0.0625 e. The van der Waals surface area contributed by atoms with Crippen LogP contribution in [0.3, 0.4) is 0 Å². The highest BCUT2D eigenvalue weighted by molar-refractivity contribution is 7.10. The molecule has 0 aliphatic carbocycles. The van der Waals surface area contributed by atoms with Gasteiger partial charge in [0.2, 0.25) is 0 Å². The first-order valence-electron chi connectivity index (χ1n) is 6.57. The molecule has 1 atom stereocenters. The highest BCUT2D eigenvalue weighted by Crippen LogP contribution is 2.18. The van der Waals surface area contributed by atoms with E-state index in [2.05, 4.69) is 59.4 Å². The van der Waals surface area contributed by atoms with Crippen molar-refractivity contribution < 1.29 is 0 Å². The second-order valence-corrected chi connectivity index (χ2v) is 5.39. The average Bonchev–Trinajstić information content (AvgIpc) is 3.04. The van der Waals surface area contributed by atoms with Crippen LogP contribution in [-0.4, -0.2) is 9.78 Å². The monoisotopic (exact) mass is 263 g/mol. The zero-order chi connectivity index (χ0) is 13.0. The van der Waals surface area contributed by atoms with E-state index in [1.54, 1.807) is 11.3 Å². The van der Waals surface area contributed by atoms with E-state index < -0.39 is 0 Å². The Kier molecular flexibility index (Phi) is 4.55. The molecule has 0 spiro atoms. The largest absolute Gasteiger partial charge is 0.304 e. The van der Waals surface area contributed by atoms with Gasteiger partial charge in [0.05, 0.1) is 11.4 Å². The summed E-state index contributed by atoms with van der Waals surface area (Å²) in [7, 11) is 0. The van der Waals surface area contributed by atoms with E-state index in [1.807, 2.05) is 0 Å². The molecule has 0 aliphatic heterocycles. The van der Waals surface area contributed by atoms with Crippen molar-refractivity contribution in [2.75, 3.05) is 0 Å². The highest BCUT2D eigenvalue weighted by Gasteiger charge is 2.09. The Morgan fingerprint density at radius 1 is 1.44 bits per heavy atom. The van der Waals surface area contributed by atoms with Crippen molar-refractivity contribution in [3.8, 4) is 0 Å². The van der Waals surface area contributed by atoms with E-state index in [0.29, 0.717) is 6.04 Å². The van der Waals surface area contributed by atoms with Gasteiger partial charge in [-0.2, -0.15) is 5.10 Å². The molecule has 98 valence electrons. The van der Waals surface area contributed by atoms with Gasteiger partial charge in [-0.25, -0.2) is 0 Å². The molecule has 2 aromatic rings. The minimum absolute atomic E-state index is 0.398. The third-order valence-electron chi connectivity index (χ3n) is 3.14. The molecule has 0 unspecified atom stereocenters. The first-order valence-corrected chi connectivity index (χ1v) is 7.45. The van der Waals surface area contributed by atoms with E-state index in [9.17, 15) is 0 Å². The SMILES string of the molecule is CCc1cc(CN[C@H](C)c2cccs2)n(CC)n1. The molecule has 0 fully saturated rings. The Morgan fingerprint density at radius 3 is 2.89 bits per heavy atom. The van der Waals surface area contributed by atoms with Crippen molar-refractivity contribution >= 4 is 11.3 Å². The number of nitrogens with zero attached hydrogens (tertiary/aromatic N) is 2. The van der Waals surface area contributed by atoms with Crippen LogP contribution in [0.2, 0.25) is 0 Å². The molecular weight excluding hydrogens is 242 g/mol. The zero-order valence-electron chi connectivity index (χ0n) is 11.3. The number of hydrogen-bond acceptors (Lipinski definition) is 3. The second-order valence-electron chi connectivity index (χ2n) is 4.41. The van der Waals surface area contributed by atoms with Crippen LogP contribution in [0.25, 0.3) is 0 Å². The maximum atomic E-state index is 4.57. The molecular formula is C14H21N3S. The first-order chi connectivity index (χ1) is 8.74. The minimum atomic E-state index is 0.398. The molecule has 18 heavy (non-hydrogen) atoms. The molecule has 4 heteroatoms. The molecule has 3 nitrogen and oxygen atoms in total. The van der Waals surface area contributed by atoms with Crippen molar-refractivity contribution in [1.29, 1.82) is 0 Å². The lowest BCUT2D eigenvalue weighted by Gasteiger charge is -2.12. The Bertz CT molecular complexity index is 473. The van der Waals surface area contributed by atoms with E-state index in [0.717, 1.165) is 19.5 Å². The third kappa shape index (κ3) is 3.00. The number of hydrogen-bond donors (Lipinski definition) is 1. The minimum Gasteiger partial charge on any atom is -0.304 e. The van der Waals surface area contributed by atoms with Crippen molar-refractivity contribution in [3.05, 3.63) is 39.8 Å². The van der Waals surface area contributed by atoms with Gasteiger partial charge in [0.15, 0.2) is 0 Å². The summed E-state index contributed by atoms with van der Waals surface area (Å²) in [6, 6.07) is 6.88. The van der Waals surface area contributed by atoms with E-state index in [1.165, 1.54) is 16.3 Å². The molecule has 0 aliphatic rings. The summed E-state index contributed by atoms with van der Waals surface area (Å²) in [6.07, 6.45) is 1.00. The van der Waals surface area contributed by atoms with Crippen LogP contribution < -0.4 is 5.32 Å². The van der Waals surface area contributed by atoms with Crippen LogP contribution in [0.1, 0.15) is 43.1 Å². The molecule has 1 N–H and O–H groups in total. The van der Waals surface area contributed by atoms with Gasteiger partial charge in [-0.3, -0.25) is 4.68 Å². The predicted molar refractivity (Wildman–Crippen MR) is 76.9 cm³/mol. The molecule has 2 aromatic heterocycles. The molecule has 0 amide bonds. The summed E-state index contributed by atoms with van der Waals surface area (Å²) in [5, 5.41) is 10.3. The van der Waals surface area contributed by atoms with Crippen LogP contribution in [0, 0.1) is 0 Å². The van der Waals surface area contributed by atoms with Crippen LogP contribution >= 0.6 is 11.3 Å². The predicted octanol–water partition coefficient (Wildman–Crippen LogP) is 3.38. The lowest BCUT2D eigenvalue weighted by molar-refractivity contribution is 0.535. The van der Waals surface area contributed by atoms with E-state index >= 15 is 0 Å². The lowest BCUT2D eigenvalue weighted by Crippen LogP contribution is -2.19. The quantitative estimate of drug-likeness (QED) is 0.866. The van der Waals surface area contributed by atoms with Crippen LogP contribution in [0.4, 0.5) is 0 Å². The van der Waals surface area contributed by atoms with Gasteiger partial charge in [0.25, 0.3) is 0 Å². The molecule has 2 heterocycles. The average molecular weight is 263 g/mol. The Hall–Kier alpha value is -1.13. The Balaban J connectivity index is 1.99. The molecule has 0 bridgehead atoms. The first kappa shape index (κ1) is 13.3. The fourth-order valence-corrected chi connectivity index (χ4v) is 2.76. The lowest BCUT2D eigenvalue weighted by atomic mass is 10.2. The fourth-order valence-electron chi connectivity index (χ4n) is 2.00. The van der Waals surface area contributed by atoms with Gasteiger partial charge < -0.3 is 5.32 Å². The summed E-state index contributed by atoms with van der Waals surface area (Å²) in [6.45, 7) is 8.30. The second kappa shape index (κ2) is 6.16. The van der Waals surface area contributed by atoms with Crippen molar-refractivity contribution in [3.63, 3.8) is 0 Å². The van der Waals surface area contributed by atoms with E-state index in [4.69, 9.17) is 0 Å². The van der Waals surface area contributed by atoms with Crippen LogP contribution in [0.15, 0.2) is 23.6 Å². The van der Waals surface area contributed by atoms with Gasteiger partial charge in [0, 0.05) is 24.0 Å². The summed E-state index contributed by atoms with van der Waals surface area (Å²) < 4.78 is 2.09. The Labute approximate surface area is 113 Å². The van der Waals surface area contributed by atoms with Crippen molar-refractivity contribution in [2.45, 2.75) is 46.3 Å². The van der Waals surface area contributed by atoms with Gasteiger partial charge in [-0.15, -0.1) is 11.3 Å². The van der Waals surface area contributed by atoms with Gasteiger partial charge in [-0.05, 0) is 37.8 Å². The summed E-state index contributed by atoms with van der Waals surface area (Å²) in [5.41, 5.74) is 2.45. The van der Waals surface area contributed by atoms with Crippen LogP contribution in [0.5, 0.6) is 0 Å². The summed E-state index contributed by atoms with van der Waals surface area (Å²) >= 11 is 1.80. The van der Waals surface area contributed by atoms with Crippen LogP contribution in [-0.2, 0) is 19.5 Å². The number of nitrogens with one attached hydrogen (secondary N) is 1. The van der Waals surface area contributed by atoms with Crippen molar-refractivity contribution in [1.82, 2.24) is 15.1 Å². The molecule has 0 saturated heterocycles. The standard InChI is InChI=1S/C14H21N3S/c1-4-12-9-13(17(5-2)16-12)10-15-11(3)14-7-6-8-18-14/h6-9,11,15H,4-5,10H2,1-3H3/t11-/m1/s1. The van der Waals surface area contributed by atoms with Crippen molar-refractivity contribution in [2.24, 2.45) is 0 Å². The maximum absolute atomic E-state index is 4.57. The summed E-state index contributed by atoms with van der Waals surface area (Å²) in [5.74, 6) is 0. The molecule has 2 rings (SSSR count). The Morgan fingerprint density at radius 2 is 2.28 bits per heavy atom. The topological polar surface area (TPSA) is 29.9 Å². The fraction of sp³-hybridized carbons (Fsp3) is 0.500. The molecule has 0 radical (unpaired) electrons. The highest BCUT2D eigenvalue weighted by atomic mass is 32.1. The number of aromatic nitrogens is 2. The number of rotatable bonds is 6. The number of thiophene rings is 1. The summed E-state index contributed by atoms with van der Waals surface area (Å²) in [4.78, 5) is 1.38. The van der Waals surface area contributed by atoms with Gasteiger partial charge >= 0.3 is 0 Å². The third-order valence-corrected chi connectivity index (χ3v) is 4.19. The van der Waals surface area contributed by atoms with E-state index in [-0.39, 0.29) is 0 Å². The normalized spacial score (nSPS) is 12.8. The number of aryl methyl sites for hydroxylation is 2. The molecule has 0 saturated carbocycles. The van der Waals surface area contributed by atoms with Gasteiger partial charge in [-0.1, -0.05) is 13.0 Å². The maximum Gasteiger partial charge on any atom is 0.0625 e. The zero-order valence-corrected chi connectivity index (χ0v) is 12.1. The van der Waals surface area contributed by atoms with Gasteiger partial charge in [0.1, 0.15) is 0 Å².